The lowest BCUT2D eigenvalue weighted by atomic mass is 10.1. The van der Waals surface area contributed by atoms with Crippen LogP contribution in [0, 0.1) is 27.7 Å². The van der Waals surface area contributed by atoms with Gasteiger partial charge in [0.2, 0.25) is 5.91 Å². The number of nitrogens with zero attached hydrogens (tertiary/aromatic N) is 1. The Morgan fingerprint density at radius 3 is 2.10 bits per heavy atom. The van der Waals surface area contributed by atoms with Crippen LogP contribution in [0.2, 0.25) is 0 Å². The van der Waals surface area contributed by atoms with Crippen molar-refractivity contribution in [1.82, 2.24) is 0 Å². The number of nitrogens with one attached hydrogen (secondary N) is 1. The van der Waals surface area contributed by atoms with Gasteiger partial charge >= 0.3 is 0 Å². The minimum absolute atomic E-state index is 0.149. The largest absolute Gasteiger partial charge is 0.325 e. The molecule has 0 fully saturated rings. The molecule has 5 nitrogen and oxygen atoms in total. The van der Waals surface area contributed by atoms with Crippen molar-refractivity contribution >= 4 is 27.3 Å². The SMILES string of the molecule is Cc1ccc(S(=O)(=O)N(CC(=O)Nc2cccc(C)c2)c2ccc(C)cc2C)cc1. The molecule has 30 heavy (non-hydrogen) atoms. The Morgan fingerprint density at radius 2 is 1.47 bits per heavy atom. The summed E-state index contributed by atoms with van der Waals surface area (Å²) in [6, 6.07) is 19.5. The highest BCUT2D eigenvalue weighted by atomic mass is 32.2. The van der Waals surface area contributed by atoms with Gasteiger partial charge in [0, 0.05) is 5.69 Å². The molecule has 156 valence electrons. The van der Waals surface area contributed by atoms with Gasteiger partial charge < -0.3 is 5.32 Å². The molecule has 0 unspecified atom stereocenters. The minimum atomic E-state index is -3.93. The quantitative estimate of drug-likeness (QED) is 0.623. The summed E-state index contributed by atoms with van der Waals surface area (Å²) in [5.41, 5.74) is 4.89. The lowest BCUT2D eigenvalue weighted by Crippen LogP contribution is -2.38. The highest BCUT2D eigenvalue weighted by Gasteiger charge is 2.28. The second kappa shape index (κ2) is 8.71. The van der Waals surface area contributed by atoms with E-state index in [4.69, 9.17) is 0 Å². The third-order valence-electron chi connectivity index (χ3n) is 4.82. The number of carbonyl (C=O) groups excluding carboxylic acids is 1. The van der Waals surface area contributed by atoms with Crippen molar-refractivity contribution < 1.29 is 13.2 Å². The van der Waals surface area contributed by atoms with Crippen LogP contribution in [0.5, 0.6) is 0 Å². The van der Waals surface area contributed by atoms with Crippen LogP contribution in [-0.4, -0.2) is 20.9 Å². The molecule has 0 spiro atoms. The Kier molecular flexibility index (Phi) is 6.27. The first-order chi connectivity index (χ1) is 14.2. The van der Waals surface area contributed by atoms with Crippen LogP contribution in [0.4, 0.5) is 11.4 Å². The molecule has 0 radical (unpaired) electrons. The molecule has 3 rings (SSSR count). The average molecular weight is 423 g/mol. The molecule has 0 atom stereocenters. The van der Waals surface area contributed by atoms with Crippen molar-refractivity contribution in [2.24, 2.45) is 0 Å². The molecule has 0 bridgehead atoms. The van der Waals surface area contributed by atoms with Gasteiger partial charge in [-0.25, -0.2) is 8.42 Å². The van der Waals surface area contributed by atoms with Gasteiger partial charge in [0.05, 0.1) is 10.6 Å². The van der Waals surface area contributed by atoms with E-state index in [9.17, 15) is 13.2 Å². The van der Waals surface area contributed by atoms with E-state index in [2.05, 4.69) is 5.32 Å². The van der Waals surface area contributed by atoms with Crippen LogP contribution in [0.3, 0.4) is 0 Å². The molecule has 0 aliphatic carbocycles. The smallest absolute Gasteiger partial charge is 0.264 e. The number of sulfonamides is 1. The Bertz CT molecular complexity index is 1170. The zero-order chi connectivity index (χ0) is 21.9. The van der Waals surface area contributed by atoms with E-state index < -0.39 is 15.9 Å². The number of aryl methyl sites for hydroxylation is 4. The highest BCUT2D eigenvalue weighted by molar-refractivity contribution is 7.92. The molecule has 0 aromatic heterocycles. The highest BCUT2D eigenvalue weighted by Crippen LogP contribution is 2.28. The molecule has 6 heteroatoms. The average Bonchev–Trinajstić information content (AvgIpc) is 2.67. The van der Waals surface area contributed by atoms with Gasteiger partial charge in [-0.1, -0.05) is 47.5 Å². The predicted molar refractivity (Wildman–Crippen MR) is 121 cm³/mol. The summed E-state index contributed by atoms with van der Waals surface area (Å²) in [6.45, 7) is 7.29. The maximum absolute atomic E-state index is 13.5. The van der Waals surface area contributed by atoms with Crippen molar-refractivity contribution in [3.8, 4) is 0 Å². The number of hydrogen-bond acceptors (Lipinski definition) is 3. The number of carbonyl (C=O) groups is 1. The molecule has 1 N–H and O–H groups in total. The first kappa shape index (κ1) is 21.6. The lowest BCUT2D eigenvalue weighted by molar-refractivity contribution is -0.114. The van der Waals surface area contributed by atoms with Crippen molar-refractivity contribution in [2.45, 2.75) is 32.6 Å². The minimum Gasteiger partial charge on any atom is -0.325 e. The molecule has 3 aromatic rings. The fraction of sp³-hybridized carbons (Fsp3) is 0.208. The van der Waals surface area contributed by atoms with Gasteiger partial charge in [0.15, 0.2) is 0 Å². The molecule has 0 aliphatic heterocycles. The summed E-state index contributed by atoms with van der Waals surface area (Å²) >= 11 is 0. The summed E-state index contributed by atoms with van der Waals surface area (Å²) in [5, 5.41) is 2.80. The first-order valence-electron chi connectivity index (χ1n) is 9.70. The fourth-order valence-electron chi connectivity index (χ4n) is 3.28. The van der Waals surface area contributed by atoms with Crippen molar-refractivity contribution in [3.63, 3.8) is 0 Å². The number of benzene rings is 3. The van der Waals surface area contributed by atoms with Crippen LogP contribution in [0.1, 0.15) is 22.3 Å². The second-order valence-electron chi connectivity index (χ2n) is 7.53. The third kappa shape index (κ3) is 4.89. The molecular formula is C24H26N2O3S. The number of rotatable bonds is 6. The van der Waals surface area contributed by atoms with Crippen LogP contribution < -0.4 is 9.62 Å². The Labute approximate surface area is 178 Å². The van der Waals surface area contributed by atoms with E-state index in [1.54, 1.807) is 36.4 Å². The molecule has 0 heterocycles. The van der Waals surface area contributed by atoms with Gasteiger partial charge in [-0.15, -0.1) is 0 Å². The van der Waals surface area contributed by atoms with Gasteiger partial charge in [-0.05, 0) is 69.2 Å². The summed E-state index contributed by atoms with van der Waals surface area (Å²) in [6.07, 6.45) is 0. The van der Waals surface area contributed by atoms with Crippen LogP contribution in [0.25, 0.3) is 0 Å². The predicted octanol–water partition coefficient (Wildman–Crippen LogP) is 4.75. The van der Waals surface area contributed by atoms with E-state index >= 15 is 0 Å². The number of anilines is 2. The number of hydrogen-bond donors (Lipinski definition) is 1. The zero-order valence-corrected chi connectivity index (χ0v) is 18.5. The Balaban J connectivity index is 1.99. The fourth-order valence-corrected chi connectivity index (χ4v) is 4.76. The van der Waals surface area contributed by atoms with Crippen molar-refractivity contribution in [2.75, 3.05) is 16.2 Å². The van der Waals surface area contributed by atoms with Crippen LogP contribution in [-0.2, 0) is 14.8 Å². The van der Waals surface area contributed by atoms with E-state index in [-0.39, 0.29) is 11.4 Å². The second-order valence-corrected chi connectivity index (χ2v) is 9.39. The maximum atomic E-state index is 13.5. The van der Waals surface area contributed by atoms with Gasteiger partial charge in [-0.2, -0.15) is 0 Å². The van der Waals surface area contributed by atoms with E-state index in [0.717, 1.165) is 22.3 Å². The maximum Gasteiger partial charge on any atom is 0.264 e. The van der Waals surface area contributed by atoms with E-state index in [1.807, 2.05) is 58.0 Å². The van der Waals surface area contributed by atoms with Crippen molar-refractivity contribution in [3.05, 3.63) is 89.0 Å². The van der Waals surface area contributed by atoms with Gasteiger partial charge in [0.1, 0.15) is 6.54 Å². The molecule has 0 aliphatic rings. The zero-order valence-electron chi connectivity index (χ0n) is 17.6. The third-order valence-corrected chi connectivity index (χ3v) is 6.59. The Hall–Kier alpha value is -3.12. The molecule has 0 saturated heterocycles. The first-order valence-corrected chi connectivity index (χ1v) is 11.1. The van der Waals surface area contributed by atoms with E-state index in [0.29, 0.717) is 11.4 Å². The normalized spacial score (nSPS) is 11.2. The molecule has 1 amide bonds. The van der Waals surface area contributed by atoms with Crippen LogP contribution in [0.15, 0.2) is 71.6 Å². The monoisotopic (exact) mass is 422 g/mol. The standard InChI is InChI=1S/C24H26N2O3S/c1-17-8-11-22(12-9-17)30(28,29)26(23-13-10-19(3)14-20(23)4)16-24(27)25-21-7-5-6-18(2)15-21/h5-15H,16H2,1-4H3,(H,25,27). The van der Waals surface area contributed by atoms with Crippen LogP contribution >= 0.6 is 0 Å². The van der Waals surface area contributed by atoms with Gasteiger partial charge in [-0.3, -0.25) is 9.10 Å². The molecular weight excluding hydrogens is 396 g/mol. The topological polar surface area (TPSA) is 66.5 Å². The van der Waals surface area contributed by atoms with Gasteiger partial charge in [0.25, 0.3) is 10.0 Å². The summed E-state index contributed by atoms with van der Waals surface area (Å²) in [5.74, 6) is -0.406. The van der Waals surface area contributed by atoms with E-state index in [1.165, 1.54) is 4.31 Å². The lowest BCUT2D eigenvalue weighted by Gasteiger charge is -2.26. The molecule has 3 aromatic carbocycles. The summed E-state index contributed by atoms with van der Waals surface area (Å²) in [7, 11) is -3.93. The Morgan fingerprint density at radius 1 is 0.833 bits per heavy atom. The van der Waals surface area contributed by atoms with Crippen molar-refractivity contribution in [1.29, 1.82) is 0 Å². The summed E-state index contributed by atoms with van der Waals surface area (Å²) in [4.78, 5) is 13.0. The molecule has 0 saturated carbocycles. The summed E-state index contributed by atoms with van der Waals surface area (Å²) < 4.78 is 28.1. The number of amides is 1.